The molecule has 1 heterocycles. The number of primary amides is 1. The van der Waals surface area contributed by atoms with Crippen molar-refractivity contribution in [3.63, 3.8) is 0 Å². The molecule has 68 valence electrons. The van der Waals surface area contributed by atoms with Crippen LogP contribution in [0.2, 0.25) is 0 Å². The quantitative estimate of drug-likeness (QED) is 0.712. The molecule has 1 amide bonds. The van der Waals surface area contributed by atoms with E-state index in [1.807, 2.05) is 17.0 Å². The van der Waals surface area contributed by atoms with Crippen molar-refractivity contribution in [1.82, 2.24) is 4.90 Å². The SMILES string of the molecule is NC(=O)CN1Cc2ccccc2C1. The minimum Gasteiger partial charge on any atom is -0.369 e. The summed E-state index contributed by atoms with van der Waals surface area (Å²) in [5.74, 6) is -0.257. The van der Waals surface area contributed by atoms with Crippen molar-refractivity contribution in [3.05, 3.63) is 35.4 Å². The van der Waals surface area contributed by atoms with Gasteiger partial charge in [-0.15, -0.1) is 0 Å². The highest BCUT2D eigenvalue weighted by atomic mass is 16.1. The van der Waals surface area contributed by atoms with Crippen LogP contribution in [0.15, 0.2) is 24.3 Å². The van der Waals surface area contributed by atoms with Crippen molar-refractivity contribution >= 4 is 5.91 Å². The van der Waals surface area contributed by atoms with Crippen molar-refractivity contribution in [2.24, 2.45) is 5.73 Å². The smallest absolute Gasteiger partial charge is 0.231 e. The third-order valence-electron chi connectivity index (χ3n) is 2.29. The Hall–Kier alpha value is -1.35. The summed E-state index contributed by atoms with van der Waals surface area (Å²) in [6.45, 7) is 2.05. The highest BCUT2D eigenvalue weighted by Gasteiger charge is 2.18. The minimum absolute atomic E-state index is 0.257. The number of fused-ring (bicyclic) bond motifs is 1. The molecule has 1 aliphatic rings. The molecule has 0 fully saturated rings. The van der Waals surface area contributed by atoms with Crippen molar-refractivity contribution in [2.45, 2.75) is 13.1 Å². The van der Waals surface area contributed by atoms with Crippen LogP contribution >= 0.6 is 0 Å². The standard InChI is InChI=1S/C10H12N2O/c11-10(13)7-12-5-8-3-1-2-4-9(8)6-12/h1-4H,5-7H2,(H2,11,13). The molecule has 1 aliphatic heterocycles. The molecule has 1 aromatic rings. The van der Waals surface area contributed by atoms with Crippen LogP contribution < -0.4 is 5.73 Å². The van der Waals surface area contributed by atoms with Gasteiger partial charge in [-0.2, -0.15) is 0 Å². The number of hydrogen-bond acceptors (Lipinski definition) is 2. The molecule has 1 aromatic carbocycles. The molecule has 13 heavy (non-hydrogen) atoms. The van der Waals surface area contributed by atoms with E-state index in [0.29, 0.717) is 6.54 Å². The number of benzene rings is 1. The van der Waals surface area contributed by atoms with Crippen LogP contribution in [0.5, 0.6) is 0 Å². The van der Waals surface area contributed by atoms with Gasteiger partial charge in [-0.25, -0.2) is 0 Å². The van der Waals surface area contributed by atoms with E-state index in [0.717, 1.165) is 13.1 Å². The van der Waals surface area contributed by atoms with Crippen molar-refractivity contribution in [2.75, 3.05) is 6.54 Å². The van der Waals surface area contributed by atoms with Gasteiger partial charge >= 0.3 is 0 Å². The first-order valence-electron chi connectivity index (χ1n) is 4.33. The fraction of sp³-hybridized carbons (Fsp3) is 0.300. The summed E-state index contributed by atoms with van der Waals surface area (Å²) in [6, 6.07) is 8.23. The molecule has 0 aromatic heterocycles. The van der Waals surface area contributed by atoms with E-state index in [2.05, 4.69) is 12.1 Å². The van der Waals surface area contributed by atoms with E-state index in [1.165, 1.54) is 11.1 Å². The molecule has 0 bridgehead atoms. The maximum atomic E-state index is 10.7. The molecule has 3 nitrogen and oxygen atoms in total. The van der Waals surface area contributed by atoms with Crippen molar-refractivity contribution in [3.8, 4) is 0 Å². The first kappa shape index (κ1) is 8.26. The molecular formula is C10H12N2O. The minimum atomic E-state index is -0.257. The number of nitrogens with zero attached hydrogens (tertiary/aromatic N) is 1. The van der Waals surface area contributed by atoms with Gasteiger partial charge in [-0.05, 0) is 11.1 Å². The van der Waals surface area contributed by atoms with Crippen LogP contribution in [0.3, 0.4) is 0 Å². The number of rotatable bonds is 2. The van der Waals surface area contributed by atoms with E-state index in [9.17, 15) is 4.79 Å². The van der Waals surface area contributed by atoms with Gasteiger partial charge in [0.25, 0.3) is 0 Å². The molecule has 2 rings (SSSR count). The van der Waals surface area contributed by atoms with E-state index >= 15 is 0 Å². The molecule has 3 heteroatoms. The maximum Gasteiger partial charge on any atom is 0.231 e. The zero-order valence-corrected chi connectivity index (χ0v) is 7.36. The van der Waals surface area contributed by atoms with Crippen molar-refractivity contribution in [1.29, 1.82) is 0 Å². The summed E-state index contributed by atoms with van der Waals surface area (Å²) >= 11 is 0. The summed E-state index contributed by atoms with van der Waals surface area (Å²) in [5, 5.41) is 0. The van der Waals surface area contributed by atoms with Crippen LogP contribution in [0.25, 0.3) is 0 Å². The summed E-state index contributed by atoms with van der Waals surface area (Å²) in [6.07, 6.45) is 0. The monoisotopic (exact) mass is 176 g/mol. The summed E-state index contributed by atoms with van der Waals surface area (Å²) in [7, 11) is 0. The molecule has 0 spiro atoms. The zero-order valence-electron chi connectivity index (χ0n) is 7.36. The Morgan fingerprint density at radius 1 is 1.31 bits per heavy atom. The molecular weight excluding hydrogens is 164 g/mol. The predicted molar refractivity (Wildman–Crippen MR) is 49.8 cm³/mol. The Kier molecular flexibility index (Phi) is 2.02. The Morgan fingerprint density at radius 3 is 2.31 bits per heavy atom. The van der Waals surface area contributed by atoms with Crippen molar-refractivity contribution < 1.29 is 4.79 Å². The number of amides is 1. The van der Waals surface area contributed by atoms with Gasteiger partial charge in [-0.1, -0.05) is 24.3 Å². The summed E-state index contributed by atoms with van der Waals surface area (Å²) in [4.78, 5) is 12.7. The average molecular weight is 176 g/mol. The van der Waals surface area contributed by atoms with Gasteiger partial charge in [0.1, 0.15) is 0 Å². The highest BCUT2D eigenvalue weighted by Crippen LogP contribution is 2.21. The third-order valence-corrected chi connectivity index (χ3v) is 2.29. The van der Waals surface area contributed by atoms with Crippen LogP contribution in [-0.2, 0) is 17.9 Å². The maximum absolute atomic E-state index is 10.7. The van der Waals surface area contributed by atoms with Gasteiger partial charge in [0.15, 0.2) is 0 Å². The third kappa shape index (κ3) is 1.70. The predicted octanol–water partition coefficient (Wildman–Crippen LogP) is 0.487. The average Bonchev–Trinajstić information content (AvgIpc) is 2.44. The van der Waals surface area contributed by atoms with E-state index in [-0.39, 0.29) is 5.91 Å². The van der Waals surface area contributed by atoms with Crippen LogP contribution in [0, 0.1) is 0 Å². The summed E-state index contributed by atoms with van der Waals surface area (Å²) in [5.41, 5.74) is 7.74. The second-order valence-corrected chi connectivity index (χ2v) is 3.38. The normalized spacial score (nSPS) is 15.7. The first-order chi connectivity index (χ1) is 6.25. The van der Waals surface area contributed by atoms with E-state index in [4.69, 9.17) is 5.73 Å². The highest BCUT2D eigenvalue weighted by molar-refractivity contribution is 5.76. The Morgan fingerprint density at radius 2 is 1.85 bits per heavy atom. The number of hydrogen-bond donors (Lipinski definition) is 1. The molecule has 0 saturated heterocycles. The Labute approximate surface area is 77.1 Å². The second kappa shape index (κ2) is 3.18. The van der Waals surface area contributed by atoms with E-state index < -0.39 is 0 Å². The van der Waals surface area contributed by atoms with Crippen LogP contribution in [0.4, 0.5) is 0 Å². The lowest BCUT2D eigenvalue weighted by molar-refractivity contribution is -0.119. The fourth-order valence-corrected chi connectivity index (χ4v) is 1.74. The molecule has 0 saturated carbocycles. The fourth-order valence-electron chi connectivity index (χ4n) is 1.74. The van der Waals surface area contributed by atoms with Gasteiger partial charge < -0.3 is 5.73 Å². The number of carbonyl (C=O) groups is 1. The van der Waals surface area contributed by atoms with Crippen LogP contribution in [0.1, 0.15) is 11.1 Å². The van der Waals surface area contributed by atoms with E-state index in [1.54, 1.807) is 0 Å². The number of nitrogens with two attached hydrogens (primary N) is 1. The van der Waals surface area contributed by atoms with Gasteiger partial charge in [-0.3, -0.25) is 9.69 Å². The topological polar surface area (TPSA) is 46.3 Å². The number of carbonyl (C=O) groups excluding carboxylic acids is 1. The molecule has 0 unspecified atom stereocenters. The lowest BCUT2D eigenvalue weighted by Crippen LogP contribution is -2.29. The Balaban J connectivity index is 2.09. The lowest BCUT2D eigenvalue weighted by Gasteiger charge is -2.10. The molecule has 0 aliphatic carbocycles. The van der Waals surface area contributed by atoms with Gasteiger partial charge in [0.2, 0.25) is 5.91 Å². The second-order valence-electron chi connectivity index (χ2n) is 3.38. The zero-order chi connectivity index (χ0) is 9.26. The Bertz CT molecular complexity index is 310. The van der Waals surface area contributed by atoms with Gasteiger partial charge in [0, 0.05) is 13.1 Å². The van der Waals surface area contributed by atoms with Gasteiger partial charge in [0.05, 0.1) is 6.54 Å². The van der Waals surface area contributed by atoms with Crippen LogP contribution in [-0.4, -0.2) is 17.4 Å². The molecule has 0 atom stereocenters. The lowest BCUT2D eigenvalue weighted by atomic mass is 10.1. The molecule has 0 radical (unpaired) electrons. The first-order valence-corrected chi connectivity index (χ1v) is 4.33. The molecule has 2 N–H and O–H groups in total. The largest absolute Gasteiger partial charge is 0.369 e. The summed E-state index contributed by atoms with van der Waals surface area (Å²) < 4.78 is 0.